The zero-order valence-electron chi connectivity index (χ0n) is 20.8. The van der Waals surface area contributed by atoms with Gasteiger partial charge in [-0.3, -0.25) is 9.59 Å². The minimum absolute atomic E-state index is 0.0794. The molecule has 36 heavy (non-hydrogen) atoms. The molecule has 0 aromatic heterocycles. The summed E-state index contributed by atoms with van der Waals surface area (Å²) in [4.78, 5) is 32.2. The maximum atomic E-state index is 14.8. The molecule has 6 nitrogen and oxygen atoms in total. The molecule has 0 atom stereocenters. The smallest absolute Gasteiger partial charge is 0.217 e. The van der Waals surface area contributed by atoms with Crippen LogP contribution in [-0.4, -0.2) is 33.6 Å². The summed E-state index contributed by atoms with van der Waals surface area (Å²) in [5, 5.41) is 0.404. The number of rotatable bonds is 5. The van der Waals surface area contributed by atoms with Gasteiger partial charge in [0.2, 0.25) is 5.43 Å². The van der Waals surface area contributed by atoms with Gasteiger partial charge in [-0.2, -0.15) is 0 Å². The number of carbonyl (C=O) groups excluding carboxylic acids is 2. The zero-order chi connectivity index (χ0) is 26.8. The molecule has 4 rings (SSSR count). The van der Waals surface area contributed by atoms with Crippen molar-refractivity contribution in [3.8, 4) is 22.5 Å². The highest BCUT2D eigenvalue weighted by molar-refractivity contribution is 6.05. The highest BCUT2D eigenvalue weighted by Crippen LogP contribution is 2.42. The lowest BCUT2D eigenvalue weighted by molar-refractivity contribution is -0.106. The standard InChI is InChI=1S/C23H16F2O3.C3H8O2.C2H4O/c1-12(2)15-9-21-16(7-18(15)24)23(14-6-4-3-5-13(14)11-26)17-8-19(25)20(27)10-22(17)28-21;1-4-3-5-2;1-2-3/h3-12H,1-2H3;3H2,1-2H3;2H,1H3. The Hall–Kier alpha value is -3.75. The molecule has 2 aromatic carbocycles. The van der Waals surface area contributed by atoms with E-state index in [9.17, 15) is 18.4 Å². The molecule has 8 heteroatoms. The van der Waals surface area contributed by atoms with Crippen LogP contribution >= 0.6 is 0 Å². The molecular formula is C28H28F2O6. The summed E-state index contributed by atoms with van der Waals surface area (Å²) in [5.74, 6) is -1.26. The number of methoxy groups -OCH3 is 2. The molecule has 0 N–H and O–H groups in total. The quantitative estimate of drug-likeness (QED) is 0.185. The molecule has 0 saturated heterocycles. The average molecular weight is 499 g/mol. The molecule has 0 saturated carbocycles. The largest absolute Gasteiger partial charge is 0.456 e. The zero-order valence-corrected chi connectivity index (χ0v) is 20.8. The first-order valence-electron chi connectivity index (χ1n) is 11.1. The molecule has 0 spiro atoms. The number of benzene rings is 3. The topological polar surface area (TPSA) is 82.8 Å². The van der Waals surface area contributed by atoms with Gasteiger partial charge < -0.3 is 18.7 Å². The SMILES string of the molecule is CC(C)c1cc2oc3cc(=O)c(F)cc-3c(-c3ccccc3C=O)c2cc1F.CC=O.COCOC. The van der Waals surface area contributed by atoms with Crippen molar-refractivity contribution < 1.29 is 32.3 Å². The van der Waals surface area contributed by atoms with Crippen LogP contribution in [0.4, 0.5) is 8.78 Å². The molecule has 0 unspecified atom stereocenters. The molecule has 2 aromatic rings. The lowest BCUT2D eigenvalue weighted by Crippen LogP contribution is -2.07. The van der Waals surface area contributed by atoms with Crippen LogP contribution in [0.1, 0.15) is 42.6 Å². The second kappa shape index (κ2) is 13.4. The Labute approximate surface area is 207 Å². The first-order chi connectivity index (χ1) is 17.2. The Morgan fingerprint density at radius 1 is 0.944 bits per heavy atom. The van der Waals surface area contributed by atoms with Crippen LogP contribution in [-0.2, 0) is 14.3 Å². The van der Waals surface area contributed by atoms with Gasteiger partial charge in [-0.05, 0) is 42.2 Å². The summed E-state index contributed by atoms with van der Waals surface area (Å²) >= 11 is 0. The minimum Gasteiger partial charge on any atom is -0.456 e. The third-order valence-corrected chi connectivity index (χ3v) is 5.11. The Morgan fingerprint density at radius 3 is 2.14 bits per heavy atom. The number of halogens is 2. The van der Waals surface area contributed by atoms with Gasteiger partial charge in [0.05, 0.1) is 0 Å². The lowest BCUT2D eigenvalue weighted by atomic mass is 9.90. The maximum absolute atomic E-state index is 14.8. The summed E-state index contributed by atoms with van der Waals surface area (Å²) < 4.78 is 43.6. The number of carbonyl (C=O) groups is 2. The Bertz CT molecular complexity index is 1360. The lowest BCUT2D eigenvalue weighted by Gasteiger charge is -2.18. The number of hydrogen-bond donors (Lipinski definition) is 0. The molecule has 0 fully saturated rings. The van der Waals surface area contributed by atoms with Crippen molar-refractivity contribution in [3.63, 3.8) is 0 Å². The molecule has 2 aliphatic rings. The van der Waals surface area contributed by atoms with E-state index >= 15 is 0 Å². The summed E-state index contributed by atoms with van der Waals surface area (Å²) in [5.41, 5.74) is 1.67. The first kappa shape index (κ1) is 28.5. The van der Waals surface area contributed by atoms with Gasteiger partial charge >= 0.3 is 0 Å². The number of aldehydes is 2. The highest BCUT2D eigenvalue weighted by Gasteiger charge is 2.22. The van der Waals surface area contributed by atoms with Crippen molar-refractivity contribution in [2.24, 2.45) is 0 Å². The molecule has 0 radical (unpaired) electrons. The fourth-order valence-corrected chi connectivity index (χ4v) is 3.60. The summed E-state index contributed by atoms with van der Waals surface area (Å²) in [6.07, 6.45) is 1.44. The second-order valence-electron chi connectivity index (χ2n) is 7.92. The number of ether oxygens (including phenoxy) is 2. The molecule has 0 amide bonds. The molecule has 190 valence electrons. The summed E-state index contributed by atoms with van der Waals surface area (Å²) in [7, 11) is 3.17. The van der Waals surface area contributed by atoms with Gasteiger partial charge in [-0.15, -0.1) is 0 Å². The van der Waals surface area contributed by atoms with E-state index in [1.54, 1.807) is 44.6 Å². The van der Waals surface area contributed by atoms with Gasteiger partial charge in [-0.1, -0.05) is 38.1 Å². The Kier molecular flexibility index (Phi) is 10.6. The first-order valence-corrected chi connectivity index (χ1v) is 11.1. The van der Waals surface area contributed by atoms with Crippen molar-refractivity contribution in [3.05, 3.63) is 81.5 Å². The second-order valence-corrected chi connectivity index (χ2v) is 7.92. The van der Waals surface area contributed by atoms with Crippen molar-refractivity contribution in [1.82, 2.24) is 0 Å². The monoisotopic (exact) mass is 498 g/mol. The fourth-order valence-electron chi connectivity index (χ4n) is 3.60. The molecule has 1 aliphatic heterocycles. The molecule has 0 bridgehead atoms. The normalized spacial score (nSPS) is 10.4. The van der Waals surface area contributed by atoms with Crippen LogP contribution in [0.3, 0.4) is 0 Å². The van der Waals surface area contributed by atoms with Gasteiger partial charge in [0.1, 0.15) is 30.2 Å². The summed E-state index contributed by atoms with van der Waals surface area (Å²) in [6, 6.07) is 11.9. The van der Waals surface area contributed by atoms with Crippen molar-refractivity contribution in [2.45, 2.75) is 26.7 Å². The van der Waals surface area contributed by atoms with Crippen LogP contribution in [0.5, 0.6) is 0 Å². The van der Waals surface area contributed by atoms with Crippen LogP contribution in [0.15, 0.2) is 57.7 Å². The van der Waals surface area contributed by atoms with E-state index in [0.29, 0.717) is 51.9 Å². The van der Waals surface area contributed by atoms with E-state index in [4.69, 9.17) is 9.21 Å². The van der Waals surface area contributed by atoms with Crippen LogP contribution < -0.4 is 5.43 Å². The van der Waals surface area contributed by atoms with E-state index in [1.807, 2.05) is 13.8 Å². The summed E-state index contributed by atoms with van der Waals surface area (Å²) in [6.45, 7) is 5.55. The number of hydrogen-bond acceptors (Lipinski definition) is 6. The van der Waals surface area contributed by atoms with E-state index in [0.717, 1.165) is 18.4 Å². The van der Waals surface area contributed by atoms with Crippen LogP contribution in [0.2, 0.25) is 0 Å². The van der Waals surface area contributed by atoms with Crippen molar-refractivity contribution in [1.29, 1.82) is 0 Å². The Balaban J connectivity index is 0.000000501. The average Bonchev–Trinajstić information content (AvgIpc) is 2.85. The molecule has 1 heterocycles. The predicted molar refractivity (Wildman–Crippen MR) is 135 cm³/mol. The number of fused-ring (bicyclic) bond motifs is 2. The van der Waals surface area contributed by atoms with E-state index in [-0.39, 0.29) is 11.7 Å². The fraction of sp³-hybridized carbons (Fsp3) is 0.250. The molecular weight excluding hydrogens is 470 g/mol. The van der Waals surface area contributed by atoms with E-state index in [1.165, 1.54) is 13.0 Å². The Morgan fingerprint density at radius 2 is 1.58 bits per heavy atom. The van der Waals surface area contributed by atoms with Gasteiger partial charge in [0, 0.05) is 42.4 Å². The van der Waals surface area contributed by atoms with Crippen LogP contribution in [0, 0.1) is 11.6 Å². The maximum Gasteiger partial charge on any atom is 0.217 e. The van der Waals surface area contributed by atoms with Crippen LogP contribution in [0.25, 0.3) is 33.4 Å². The van der Waals surface area contributed by atoms with E-state index < -0.39 is 17.1 Å². The molecule has 1 aliphatic carbocycles. The van der Waals surface area contributed by atoms with Gasteiger partial charge in [0.15, 0.2) is 12.1 Å². The predicted octanol–water partition coefficient (Wildman–Crippen LogP) is 6.22. The van der Waals surface area contributed by atoms with E-state index in [2.05, 4.69) is 9.47 Å². The highest BCUT2D eigenvalue weighted by atomic mass is 19.1. The third kappa shape index (κ3) is 6.47. The third-order valence-electron chi connectivity index (χ3n) is 5.11. The van der Waals surface area contributed by atoms with Crippen molar-refractivity contribution in [2.75, 3.05) is 21.0 Å². The van der Waals surface area contributed by atoms with Crippen molar-refractivity contribution >= 4 is 23.5 Å². The van der Waals surface area contributed by atoms with Gasteiger partial charge in [0.25, 0.3) is 0 Å². The minimum atomic E-state index is -0.939. The van der Waals surface area contributed by atoms with Gasteiger partial charge in [-0.25, -0.2) is 8.78 Å².